The fourth-order valence-corrected chi connectivity index (χ4v) is 2.89. The quantitative estimate of drug-likeness (QED) is 0.615. The molecule has 1 heterocycles. The molecule has 132 valence electrons. The van der Waals surface area contributed by atoms with E-state index in [1.54, 1.807) is 49.7 Å². The fourth-order valence-electron chi connectivity index (χ4n) is 2.37. The van der Waals surface area contributed by atoms with E-state index in [2.05, 4.69) is 15.6 Å². The minimum absolute atomic E-state index is 0.297. The predicted molar refractivity (Wildman–Crippen MR) is 105 cm³/mol. The summed E-state index contributed by atoms with van der Waals surface area (Å²) in [5.74, 6) is 0.284. The summed E-state index contributed by atoms with van der Waals surface area (Å²) < 4.78 is 5.24. The normalized spacial score (nSPS) is 10.3. The molecule has 0 saturated carbocycles. The van der Waals surface area contributed by atoms with Gasteiger partial charge in [0.15, 0.2) is 0 Å². The van der Waals surface area contributed by atoms with Crippen molar-refractivity contribution in [3.05, 3.63) is 76.5 Å². The Balaban J connectivity index is 1.79. The standard InChI is InChI=1S/C19H15Cl2N3O2/c1-26-18-5-3-2-4-17(18)24-19(25)12-6-16(11-22-10-12)23-15-8-13(20)7-14(21)9-15/h2-11,23H,1H3,(H,24,25). The second kappa shape index (κ2) is 8.08. The number of amides is 1. The first-order valence-electron chi connectivity index (χ1n) is 7.67. The molecule has 0 aliphatic heterocycles. The number of halogens is 2. The van der Waals surface area contributed by atoms with Crippen molar-refractivity contribution in [2.45, 2.75) is 0 Å². The van der Waals surface area contributed by atoms with Crippen LogP contribution < -0.4 is 15.4 Å². The van der Waals surface area contributed by atoms with E-state index in [0.29, 0.717) is 38.4 Å². The number of carbonyl (C=O) groups excluding carboxylic acids is 1. The van der Waals surface area contributed by atoms with Crippen LogP contribution >= 0.6 is 23.2 Å². The van der Waals surface area contributed by atoms with E-state index in [4.69, 9.17) is 27.9 Å². The molecule has 7 heteroatoms. The minimum atomic E-state index is -0.297. The third kappa shape index (κ3) is 4.45. The molecule has 2 aromatic carbocycles. The summed E-state index contributed by atoms with van der Waals surface area (Å²) >= 11 is 12.0. The summed E-state index contributed by atoms with van der Waals surface area (Å²) in [6.07, 6.45) is 3.09. The number of hydrogen-bond donors (Lipinski definition) is 2. The topological polar surface area (TPSA) is 63.2 Å². The van der Waals surface area contributed by atoms with Crippen molar-refractivity contribution in [2.24, 2.45) is 0 Å². The second-order valence-corrected chi connectivity index (χ2v) is 6.27. The lowest BCUT2D eigenvalue weighted by Crippen LogP contribution is -2.13. The molecule has 0 spiro atoms. The van der Waals surface area contributed by atoms with E-state index in [9.17, 15) is 4.79 Å². The Kier molecular flexibility index (Phi) is 5.61. The molecule has 3 rings (SSSR count). The van der Waals surface area contributed by atoms with Crippen LogP contribution in [0.5, 0.6) is 5.75 Å². The van der Waals surface area contributed by atoms with Gasteiger partial charge in [0.1, 0.15) is 5.75 Å². The number of rotatable bonds is 5. The van der Waals surface area contributed by atoms with Crippen LogP contribution in [0.25, 0.3) is 0 Å². The first-order valence-corrected chi connectivity index (χ1v) is 8.43. The van der Waals surface area contributed by atoms with E-state index in [-0.39, 0.29) is 5.91 Å². The number of benzene rings is 2. The predicted octanol–water partition coefficient (Wildman–Crippen LogP) is 5.39. The number of pyridine rings is 1. The maximum Gasteiger partial charge on any atom is 0.257 e. The Morgan fingerprint density at radius 3 is 2.46 bits per heavy atom. The number of nitrogens with one attached hydrogen (secondary N) is 2. The summed E-state index contributed by atoms with van der Waals surface area (Å²) in [5, 5.41) is 6.97. The Hall–Kier alpha value is -2.76. The molecular weight excluding hydrogens is 373 g/mol. The molecule has 0 atom stereocenters. The largest absolute Gasteiger partial charge is 0.495 e. The smallest absolute Gasteiger partial charge is 0.257 e. The lowest BCUT2D eigenvalue weighted by Gasteiger charge is -2.11. The second-order valence-electron chi connectivity index (χ2n) is 5.40. The molecule has 1 amide bonds. The van der Waals surface area contributed by atoms with Gasteiger partial charge in [-0.25, -0.2) is 0 Å². The van der Waals surface area contributed by atoms with Crippen molar-refractivity contribution >= 4 is 46.2 Å². The van der Waals surface area contributed by atoms with Crippen LogP contribution in [0, 0.1) is 0 Å². The van der Waals surface area contributed by atoms with Gasteiger partial charge in [-0.1, -0.05) is 35.3 Å². The number of anilines is 3. The van der Waals surface area contributed by atoms with Crippen molar-refractivity contribution in [1.29, 1.82) is 0 Å². The van der Waals surface area contributed by atoms with Gasteiger partial charge >= 0.3 is 0 Å². The van der Waals surface area contributed by atoms with E-state index in [1.807, 2.05) is 12.1 Å². The minimum Gasteiger partial charge on any atom is -0.495 e. The first-order chi connectivity index (χ1) is 12.5. The Labute approximate surface area is 160 Å². The van der Waals surface area contributed by atoms with Crippen LogP contribution in [-0.2, 0) is 0 Å². The van der Waals surface area contributed by atoms with Crippen LogP contribution in [0.15, 0.2) is 60.9 Å². The summed E-state index contributed by atoms with van der Waals surface area (Å²) in [4.78, 5) is 16.6. The lowest BCUT2D eigenvalue weighted by molar-refractivity contribution is 0.102. The molecule has 0 bridgehead atoms. The highest BCUT2D eigenvalue weighted by Gasteiger charge is 2.11. The Morgan fingerprint density at radius 1 is 1.00 bits per heavy atom. The zero-order valence-electron chi connectivity index (χ0n) is 13.8. The molecular formula is C19H15Cl2N3O2. The highest BCUT2D eigenvalue weighted by molar-refractivity contribution is 6.35. The molecule has 1 aromatic heterocycles. The first kappa shape index (κ1) is 18.0. The van der Waals surface area contributed by atoms with Crippen molar-refractivity contribution in [3.8, 4) is 5.75 Å². The number of hydrogen-bond acceptors (Lipinski definition) is 4. The van der Waals surface area contributed by atoms with E-state index in [0.717, 1.165) is 0 Å². The Bertz CT molecular complexity index is 927. The van der Waals surface area contributed by atoms with Gasteiger partial charge in [-0.3, -0.25) is 9.78 Å². The number of ether oxygens (including phenoxy) is 1. The van der Waals surface area contributed by atoms with Gasteiger partial charge in [0.2, 0.25) is 0 Å². The Morgan fingerprint density at radius 2 is 1.73 bits per heavy atom. The molecule has 2 N–H and O–H groups in total. The third-order valence-electron chi connectivity index (χ3n) is 3.51. The molecule has 0 radical (unpaired) electrons. The molecule has 0 fully saturated rings. The highest BCUT2D eigenvalue weighted by atomic mass is 35.5. The van der Waals surface area contributed by atoms with Gasteiger partial charge in [-0.15, -0.1) is 0 Å². The van der Waals surface area contributed by atoms with Gasteiger partial charge in [-0.2, -0.15) is 0 Å². The third-order valence-corrected chi connectivity index (χ3v) is 3.94. The summed E-state index contributed by atoms with van der Waals surface area (Å²) in [5.41, 5.74) is 2.32. The van der Waals surface area contributed by atoms with Crippen molar-refractivity contribution in [2.75, 3.05) is 17.7 Å². The molecule has 0 saturated heterocycles. The molecule has 0 aliphatic rings. The van der Waals surface area contributed by atoms with Gasteiger partial charge in [-0.05, 0) is 36.4 Å². The average molecular weight is 388 g/mol. The molecule has 0 unspecified atom stereocenters. The van der Waals surface area contributed by atoms with Gasteiger partial charge in [0.25, 0.3) is 5.91 Å². The van der Waals surface area contributed by atoms with E-state index < -0.39 is 0 Å². The lowest BCUT2D eigenvalue weighted by atomic mass is 10.2. The van der Waals surface area contributed by atoms with E-state index in [1.165, 1.54) is 6.20 Å². The highest BCUT2D eigenvalue weighted by Crippen LogP contribution is 2.26. The number of nitrogens with zero attached hydrogens (tertiary/aromatic N) is 1. The number of para-hydroxylation sites is 2. The number of methoxy groups -OCH3 is 1. The van der Waals surface area contributed by atoms with E-state index >= 15 is 0 Å². The number of carbonyl (C=O) groups is 1. The summed E-state index contributed by atoms with van der Waals surface area (Å²) in [7, 11) is 1.55. The van der Waals surface area contributed by atoms with Crippen LogP contribution in [0.2, 0.25) is 10.0 Å². The van der Waals surface area contributed by atoms with Gasteiger partial charge in [0.05, 0.1) is 30.2 Å². The van der Waals surface area contributed by atoms with Crippen LogP contribution in [0.4, 0.5) is 17.1 Å². The van der Waals surface area contributed by atoms with Gasteiger partial charge < -0.3 is 15.4 Å². The van der Waals surface area contributed by atoms with Gasteiger partial charge in [0, 0.05) is 21.9 Å². The molecule has 5 nitrogen and oxygen atoms in total. The summed E-state index contributed by atoms with van der Waals surface area (Å²) in [6.45, 7) is 0. The van der Waals surface area contributed by atoms with Crippen molar-refractivity contribution < 1.29 is 9.53 Å². The summed E-state index contributed by atoms with van der Waals surface area (Å²) in [6, 6.07) is 14.0. The maximum absolute atomic E-state index is 12.5. The zero-order valence-corrected chi connectivity index (χ0v) is 15.3. The molecule has 3 aromatic rings. The van der Waals surface area contributed by atoms with Crippen molar-refractivity contribution in [1.82, 2.24) is 4.98 Å². The molecule has 26 heavy (non-hydrogen) atoms. The monoisotopic (exact) mass is 387 g/mol. The SMILES string of the molecule is COc1ccccc1NC(=O)c1cncc(Nc2cc(Cl)cc(Cl)c2)c1. The van der Waals surface area contributed by atoms with Crippen LogP contribution in [-0.4, -0.2) is 18.0 Å². The van der Waals surface area contributed by atoms with Crippen LogP contribution in [0.1, 0.15) is 10.4 Å². The molecule has 0 aliphatic carbocycles. The number of aromatic nitrogens is 1. The zero-order chi connectivity index (χ0) is 18.5. The average Bonchev–Trinajstić information content (AvgIpc) is 2.61. The fraction of sp³-hybridized carbons (Fsp3) is 0.0526. The van der Waals surface area contributed by atoms with Crippen LogP contribution in [0.3, 0.4) is 0 Å². The van der Waals surface area contributed by atoms with Crippen molar-refractivity contribution in [3.63, 3.8) is 0 Å². The maximum atomic E-state index is 12.5.